The lowest BCUT2D eigenvalue weighted by Crippen LogP contribution is -2.41. The molecule has 1 aromatic heterocycles. The van der Waals surface area contributed by atoms with Crippen LogP contribution in [0.3, 0.4) is 0 Å². The topological polar surface area (TPSA) is 115 Å². The molecule has 1 aliphatic rings. The van der Waals surface area contributed by atoms with E-state index in [1.54, 1.807) is 0 Å². The summed E-state index contributed by atoms with van der Waals surface area (Å²) in [5.74, 6) is -2.37. The molecular weight excluding hydrogens is 455 g/mol. The molecule has 28 heavy (non-hydrogen) atoms. The Balaban J connectivity index is 1.66. The van der Waals surface area contributed by atoms with Gasteiger partial charge in [0.05, 0.1) is 16.4 Å². The third kappa shape index (κ3) is 4.54. The van der Waals surface area contributed by atoms with Crippen LogP contribution in [0.5, 0.6) is 0 Å². The maximum atomic E-state index is 13.3. The molecule has 0 saturated carbocycles. The van der Waals surface area contributed by atoms with E-state index < -0.39 is 11.8 Å². The van der Waals surface area contributed by atoms with Crippen molar-refractivity contribution >= 4 is 55.7 Å². The molecule has 1 saturated heterocycles. The van der Waals surface area contributed by atoms with Crippen molar-refractivity contribution in [3.8, 4) is 0 Å². The average Bonchev–Trinajstić information content (AvgIpc) is 3.19. The Hall–Kier alpha value is -2.37. The zero-order valence-electron chi connectivity index (χ0n) is 14.4. The fourth-order valence-corrected chi connectivity index (χ4v) is 4.03. The molecule has 2 aromatic rings. The van der Waals surface area contributed by atoms with Crippen LogP contribution in [-0.2, 0) is 4.79 Å². The van der Waals surface area contributed by atoms with Crippen LogP contribution < -0.4 is 10.4 Å². The summed E-state index contributed by atoms with van der Waals surface area (Å²) in [5, 5.41) is 18.9. The van der Waals surface area contributed by atoms with Gasteiger partial charge in [0.1, 0.15) is 10.7 Å². The van der Waals surface area contributed by atoms with E-state index in [1.807, 2.05) is 10.4 Å². The fraction of sp³-hybridized carbons (Fsp3) is 0.294. The van der Waals surface area contributed by atoms with Gasteiger partial charge < -0.3 is 10.0 Å². The predicted molar refractivity (Wildman–Crippen MR) is 105 cm³/mol. The van der Waals surface area contributed by atoms with E-state index in [1.165, 1.54) is 24.4 Å². The molecule has 11 heteroatoms. The summed E-state index contributed by atoms with van der Waals surface area (Å²) in [6.07, 6.45) is 2.34. The number of thiazole rings is 1. The number of halogens is 2. The molecule has 0 amide bonds. The summed E-state index contributed by atoms with van der Waals surface area (Å²) in [5.41, 5.74) is 2.16. The Bertz CT molecular complexity index is 928. The largest absolute Gasteiger partial charge is 0.477 e. The number of amidine groups is 1. The number of hydroxylamine groups is 1. The number of carboxylic acids is 1. The maximum Gasteiger partial charge on any atom is 0.347 e. The van der Waals surface area contributed by atoms with E-state index in [0.29, 0.717) is 36.8 Å². The summed E-state index contributed by atoms with van der Waals surface area (Å²) in [4.78, 5) is 33.9. The quantitative estimate of drug-likeness (QED) is 0.349. The monoisotopic (exact) mass is 470 g/mol. The number of Topliss-reactive ketones (excluding diaryl/α,β-unsaturated/α-hetero) is 1. The SMILES string of the molecule is O=C(O)c1cnc(N2CCC(C(=O)C(=Nc3ccc(F)c(Br)c3)NO)CC2)s1. The lowest BCUT2D eigenvalue weighted by atomic mass is 9.92. The molecule has 0 unspecified atom stereocenters. The maximum absolute atomic E-state index is 13.3. The van der Waals surface area contributed by atoms with Crippen molar-refractivity contribution in [2.75, 3.05) is 18.0 Å². The molecule has 0 radical (unpaired) electrons. The first-order chi connectivity index (χ1) is 13.4. The number of piperidine rings is 1. The lowest BCUT2D eigenvalue weighted by molar-refractivity contribution is -0.117. The zero-order chi connectivity index (χ0) is 20.3. The highest BCUT2D eigenvalue weighted by Gasteiger charge is 2.29. The van der Waals surface area contributed by atoms with Crippen molar-refractivity contribution in [3.63, 3.8) is 0 Å². The third-order valence-corrected chi connectivity index (χ3v) is 5.98. The lowest BCUT2D eigenvalue weighted by Gasteiger charge is -2.30. The molecule has 2 heterocycles. The van der Waals surface area contributed by atoms with Gasteiger partial charge in [-0.2, -0.15) is 0 Å². The minimum Gasteiger partial charge on any atom is -0.477 e. The second-order valence-corrected chi connectivity index (χ2v) is 7.97. The fourth-order valence-electron chi connectivity index (χ4n) is 2.86. The second-order valence-electron chi connectivity index (χ2n) is 6.11. The molecule has 8 nitrogen and oxygen atoms in total. The van der Waals surface area contributed by atoms with Crippen LogP contribution in [-0.4, -0.2) is 46.0 Å². The number of carbonyl (C=O) groups excluding carboxylic acids is 1. The van der Waals surface area contributed by atoms with Gasteiger partial charge in [-0.3, -0.25) is 10.0 Å². The Morgan fingerprint density at radius 1 is 1.36 bits per heavy atom. The average molecular weight is 471 g/mol. The minimum atomic E-state index is -1.02. The number of aliphatic imine (C=N–C) groups is 1. The van der Waals surface area contributed by atoms with Crippen molar-refractivity contribution in [2.45, 2.75) is 12.8 Å². The van der Waals surface area contributed by atoms with E-state index in [0.717, 1.165) is 11.3 Å². The zero-order valence-corrected chi connectivity index (χ0v) is 16.8. The first-order valence-corrected chi connectivity index (χ1v) is 9.92. The summed E-state index contributed by atoms with van der Waals surface area (Å²) in [6.45, 7) is 1.06. The van der Waals surface area contributed by atoms with Crippen molar-refractivity contribution in [1.82, 2.24) is 10.5 Å². The summed E-state index contributed by atoms with van der Waals surface area (Å²) in [6, 6.07) is 4.02. The number of nitrogens with one attached hydrogen (secondary N) is 1. The smallest absolute Gasteiger partial charge is 0.347 e. The van der Waals surface area contributed by atoms with Gasteiger partial charge >= 0.3 is 5.97 Å². The minimum absolute atomic E-state index is 0.164. The molecule has 0 spiro atoms. The number of aromatic carboxylic acids is 1. The summed E-state index contributed by atoms with van der Waals surface area (Å²) in [7, 11) is 0. The van der Waals surface area contributed by atoms with E-state index in [9.17, 15) is 19.2 Å². The molecule has 0 aliphatic carbocycles. The second kappa shape index (κ2) is 8.76. The van der Waals surface area contributed by atoms with Crippen LogP contribution in [0.25, 0.3) is 0 Å². The number of aromatic nitrogens is 1. The van der Waals surface area contributed by atoms with E-state index >= 15 is 0 Å². The molecule has 1 aromatic carbocycles. The molecule has 1 fully saturated rings. The molecule has 148 valence electrons. The van der Waals surface area contributed by atoms with E-state index in [4.69, 9.17) is 5.11 Å². The van der Waals surface area contributed by atoms with Crippen molar-refractivity contribution in [3.05, 3.63) is 39.6 Å². The van der Waals surface area contributed by atoms with Crippen molar-refractivity contribution in [1.29, 1.82) is 0 Å². The van der Waals surface area contributed by atoms with Gasteiger partial charge in [-0.05, 0) is 47.0 Å². The van der Waals surface area contributed by atoms with Gasteiger partial charge in [-0.25, -0.2) is 24.6 Å². The number of ketones is 1. The Labute approximate surface area is 171 Å². The molecule has 3 N–H and O–H groups in total. The number of carbonyl (C=O) groups is 2. The number of hydrogen-bond donors (Lipinski definition) is 3. The number of benzene rings is 1. The normalized spacial score (nSPS) is 15.5. The first-order valence-electron chi connectivity index (χ1n) is 8.31. The Morgan fingerprint density at radius 2 is 2.07 bits per heavy atom. The van der Waals surface area contributed by atoms with Crippen LogP contribution in [0.15, 0.2) is 33.9 Å². The van der Waals surface area contributed by atoms with E-state index in [-0.39, 0.29) is 26.9 Å². The van der Waals surface area contributed by atoms with Crippen molar-refractivity contribution < 1.29 is 24.3 Å². The predicted octanol–water partition coefficient (Wildman–Crippen LogP) is 3.24. The highest BCUT2D eigenvalue weighted by Crippen LogP contribution is 2.28. The molecule has 0 bridgehead atoms. The molecule has 1 aliphatic heterocycles. The molecule has 3 rings (SSSR count). The number of rotatable bonds is 5. The highest BCUT2D eigenvalue weighted by atomic mass is 79.9. The highest BCUT2D eigenvalue weighted by molar-refractivity contribution is 9.10. The Kier molecular flexibility index (Phi) is 6.37. The van der Waals surface area contributed by atoms with Crippen LogP contribution in [0, 0.1) is 11.7 Å². The van der Waals surface area contributed by atoms with Gasteiger partial charge in [0.15, 0.2) is 11.0 Å². The molecular formula is C17H16BrFN4O4S. The van der Waals surface area contributed by atoms with Crippen molar-refractivity contribution in [2.24, 2.45) is 10.9 Å². The van der Waals surface area contributed by atoms with E-state index in [2.05, 4.69) is 25.9 Å². The van der Waals surface area contributed by atoms with Crippen LogP contribution >= 0.6 is 27.3 Å². The van der Waals surface area contributed by atoms with Gasteiger partial charge in [0, 0.05) is 19.0 Å². The van der Waals surface area contributed by atoms with Gasteiger partial charge in [0.2, 0.25) is 5.78 Å². The van der Waals surface area contributed by atoms with Gasteiger partial charge in [-0.15, -0.1) is 0 Å². The summed E-state index contributed by atoms with van der Waals surface area (Å²) >= 11 is 4.14. The number of hydrogen-bond acceptors (Lipinski definition) is 7. The third-order valence-electron chi connectivity index (χ3n) is 4.32. The van der Waals surface area contributed by atoms with Crippen LogP contribution in [0.1, 0.15) is 22.5 Å². The summed E-state index contributed by atoms with van der Waals surface area (Å²) < 4.78 is 13.5. The number of carboxylic acid groups (broad SMARTS) is 1. The standard InChI is InChI=1S/C17H16BrFN4O4S/c18-11-7-10(1-2-12(11)19)21-15(22-27)14(24)9-3-5-23(6-4-9)17-20-8-13(28-17)16(25)26/h1-2,7-9,27H,3-6H2,(H,21,22)(H,25,26). The van der Waals surface area contributed by atoms with Gasteiger partial charge in [-0.1, -0.05) is 11.3 Å². The van der Waals surface area contributed by atoms with Crippen LogP contribution in [0.4, 0.5) is 15.2 Å². The number of nitrogens with zero attached hydrogens (tertiary/aromatic N) is 3. The van der Waals surface area contributed by atoms with Gasteiger partial charge in [0.25, 0.3) is 0 Å². The number of anilines is 1. The molecule has 0 atom stereocenters. The van der Waals surface area contributed by atoms with Crippen LogP contribution in [0.2, 0.25) is 0 Å². The Morgan fingerprint density at radius 3 is 2.64 bits per heavy atom. The first kappa shape index (κ1) is 20.4.